The van der Waals surface area contributed by atoms with Gasteiger partial charge in [0.15, 0.2) is 0 Å². The van der Waals surface area contributed by atoms with E-state index in [9.17, 15) is 0 Å². The maximum atomic E-state index is 5.77. The van der Waals surface area contributed by atoms with Crippen molar-refractivity contribution in [1.29, 1.82) is 0 Å². The highest BCUT2D eigenvalue weighted by Crippen LogP contribution is 2.17. The average Bonchev–Trinajstić information content (AvgIpc) is 2.80. The number of thiazole rings is 1. The van der Waals surface area contributed by atoms with E-state index in [0.29, 0.717) is 12.6 Å². The van der Waals surface area contributed by atoms with Crippen molar-refractivity contribution >= 4 is 11.3 Å². The van der Waals surface area contributed by atoms with E-state index in [4.69, 9.17) is 4.74 Å². The van der Waals surface area contributed by atoms with Crippen molar-refractivity contribution in [2.24, 2.45) is 0 Å². The Kier molecular flexibility index (Phi) is 4.93. The van der Waals surface area contributed by atoms with E-state index in [1.54, 1.807) is 11.3 Å². The summed E-state index contributed by atoms with van der Waals surface area (Å²) in [7, 11) is 0. The van der Waals surface area contributed by atoms with E-state index < -0.39 is 0 Å². The van der Waals surface area contributed by atoms with Gasteiger partial charge in [-0.15, -0.1) is 11.3 Å². The zero-order valence-electron chi connectivity index (χ0n) is 11.6. The zero-order chi connectivity index (χ0) is 13.7. The van der Waals surface area contributed by atoms with Crippen molar-refractivity contribution in [1.82, 2.24) is 10.3 Å². The van der Waals surface area contributed by atoms with Crippen LogP contribution in [0.3, 0.4) is 0 Å². The van der Waals surface area contributed by atoms with Crippen molar-refractivity contribution in [2.75, 3.05) is 0 Å². The fourth-order valence-electron chi connectivity index (χ4n) is 1.68. The quantitative estimate of drug-likeness (QED) is 0.876. The molecule has 0 atom stereocenters. The molecule has 0 saturated heterocycles. The molecule has 0 aliphatic carbocycles. The zero-order valence-corrected chi connectivity index (χ0v) is 12.5. The Labute approximate surface area is 118 Å². The number of ether oxygens (including phenoxy) is 1. The van der Waals surface area contributed by atoms with Crippen LogP contribution in [0.2, 0.25) is 0 Å². The largest absolute Gasteiger partial charge is 0.486 e. The molecule has 2 aromatic rings. The number of rotatable bonds is 6. The molecule has 102 valence electrons. The molecule has 3 nitrogen and oxygen atoms in total. The van der Waals surface area contributed by atoms with Gasteiger partial charge in [0.25, 0.3) is 0 Å². The molecule has 0 saturated carbocycles. The molecule has 0 radical (unpaired) electrons. The van der Waals surface area contributed by atoms with Crippen molar-refractivity contribution in [3.8, 4) is 5.75 Å². The smallest absolute Gasteiger partial charge is 0.140 e. The second-order valence-electron chi connectivity index (χ2n) is 4.85. The molecule has 0 aliphatic heterocycles. The fourth-order valence-corrected chi connectivity index (χ4v) is 2.36. The van der Waals surface area contributed by atoms with E-state index in [1.807, 2.05) is 24.4 Å². The van der Waals surface area contributed by atoms with Crippen LogP contribution in [0.5, 0.6) is 5.75 Å². The van der Waals surface area contributed by atoms with E-state index in [0.717, 1.165) is 23.0 Å². The molecule has 19 heavy (non-hydrogen) atoms. The number of aromatic nitrogens is 1. The summed E-state index contributed by atoms with van der Waals surface area (Å²) in [5.74, 6) is 0.899. The highest BCUT2D eigenvalue weighted by atomic mass is 32.1. The van der Waals surface area contributed by atoms with Gasteiger partial charge in [0.1, 0.15) is 17.4 Å². The van der Waals surface area contributed by atoms with E-state index in [-0.39, 0.29) is 0 Å². The van der Waals surface area contributed by atoms with E-state index in [2.05, 4.69) is 36.3 Å². The summed E-state index contributed by atoms with van der Waals surface area (Å²) in [6, 6.07) is 8.69. The van der Waals surface area contributed by atoms with Gasteiger partial charge in [-0.2, -0.15) is 0 Å². The maximum Gasteiger partial charge on any atom is 0.140 e. The Morgan fingerprint density at radius 2 is 2.21 bits per heavy atom. The van der Waals surface area contributed by atoms with Gasteiger partial charge in [0.05, 0.1) is 0 Å². The molecule has 1 aromatic heterocycles. The fraction of sp³-hybridized carbons (Fsp3) is 0.400. The molecular weight excluding hydrogens is 256 g/mol. The van der Waals surface area contributed by atoms with Crippen molar-refractivity contribution in [2.45, 2.75) is 40.0 Å². The molecule has 0 spiro atoms. The van der Waals surface area contributed by atoms with Crippen LogP contribution in [0.4, 0.5) is 0 Å². The minimum Gasteiger partial charge on any atom is -0.486 e. The van der Waals surface area contributed by atoms with Crippen LogP contribution in [0.1, 0.15) is 30.1 Å². The molecule has 0 aliphatic rings. The average molecular weight is 276 g/mol. The minimum absolute atomic E-state index is 0.489. The van der Waals surface area contributed by atoms with Crippen molar-refractivity contribution < 1.29 is 4.74 Å². The van der Waals surface area contributed by atoms with E-state index in [1.165, 1.54) is 5.56 Å². The predicted molar refractivity (Wildman–Crippen MR) is 79.6 cm³/mol. The van der Waals surface area contributed by atoms with Gasteiger partial charge < -0.3 is 10.1 Å². The second-order valence-corrected chi connectivity index (χ2v) is 5.80. The Morgan fingerprint density at radius 3 is 2.89 bits per heavy atom. The molecule has 1 aromatic carbocycles. The third-order valence-corrected chi connectivity index (χ3v) is 3.58. The Morgan fingerprint density at radius 1 is 1.37 bits per heavy atom. The number of nitrogens with one attached hydrogen (secondary N) is 1. The van der Waals surface area contributed by atoms with Crippen molar-refractivity contribution in [3.05, 3.63) is 45.9 Å². The lowest BCUT2D eigenvalue weighted by Gasteiger charge is -2.10. The van der Waals surface area contributed by atoms with Crippen LogP contribution in [-0.2, 0) is 13.2 Å². The first-order valence-corrected chi connectivity index (χ1v) is 7.37. The molecule has 2 rings (SSSR count). The standard InChI is InChI=1S/C15H20N2OS/c1-11(2)16-8-13-5-4-6-14(7-13)18-9-15-17-12(3)10-19-15/h4-7,10-11,16H,8-9H2,1-3H3. The topological polar surface area (TPSA) is 34.1 Å². The third kappa shape index (κ3) is 4.65. The summed E-state index contributed by atoms with van der Waals surface area (Å²) < 4.78 is 5.77. The first-order chi connectivity index (χ1) is 9.13. The first kappa shape index (κ1) is 14.0. The molecule has 0 bridgehead atoms. The van der Waals surface area contributed by atoms with Gasteiger partial charge in [-0.05, 0) is 24.6 Å². The molecule has 0 amide bonds. The number of aryl methyl sites for hydroxylation is 1. The highest BCUT2D eigenvalue weighted by molar-refractivity contribution is 7.09. The van der Waals surface area contributed by atoms with Crippen LogP contribution in [-0.4, -0.2) is 11.0 Å². The summed E-state index contributed by atoms with van der Waals surface area (Å²) in [5, 5.41) is 6.46. The number of nitrogens with zero attached hydrogens (tertiary/aromatic N) is 1. The second kappa shape index (κ2) is 6.68. The first-order valence-electron chi connectivity index (χ1n) is 6.49. The predicted octanol–water partition coefficient (Wildman–Crippen LogP) is 3.53. The molecular formula is C15H20N2OS. The molecule has 1 N–H and O–H groups in total. The number of hydrogen-bond donors (Lipinski definition) is 1. The molecule has 0 fully saturated rings. The molecule has 1 heterocycles. The van der Waals surface area contributed by atoms with Gasteiger partial charge in [0, 0.05) is 23.7 Å². The SMILES string of the molecule is Cc1csc(COc2cccc(CNC(C)C)c2)n1. The Bertz CT molecular complexity index is 522. The summed E-state index contributed by atoms with van der Waals surface area (Å²) >= 11 is 1.64. The number of benzene rings is 1. The van der Waals surface area contributed by atoms with Gasteiger partial charge >= 0.3 is 0 Å². The van der Waals surface area contributed by atoms with Crippen LogP contribution in [0.15, 0.2) is 29.6 Å². The number of hydrogen-bond acceptors (Lipinski definition) is 4. The van der Waals surface area contributed by atoms with Gasteiger partial charge in [-0.3, -0.25) is 0 Å². The highest BCUT2D eigenvalue weighted by Gasteiger charge is 2.02. The lowest BCUT2D eigenvalue weighted by molar-refractivity contribution is 0.305. The summed E-state index contributed by atoms with van der Waals surface area (Å²) in [4.78, 5) is 4.39. The van der Waals surface area contributed by atoms with Gasteiger partial charge in [-0.25, -0.2) is 4.98 Å². The summed E-state index contributed by atoms with van der Waals surface area (Å²) in [5.41, 5.74) is 2.29. The van der Waals surface area contributed by atoms with Crippen molar-refractivity contribution in [3.63, 3.8) is 0 Å². The molecule has 4 heteroatoms. The monoisotopic (exact) mass is 276 g/mol. The minimum atomic E-state index is 0.489. The Balaban J connectivity index is 1.91. The summed E-state index contributed by atoms with van der Waals surface area (Å²) in [6.07, 6.45) is 0. The van der Waals surface area contributed by atoms with Crippen LogP contribution >= 0.6 is 11.3 Å². The summed E-state index contributed by atoms with van der Waals surface area (Å²) in [6.45, 7) is 7.69. The van der Waals surface area contributed by atoms with Crippen LogP contribution < -0.4 is 10.1 Å². The van der Waals surface area contributed by atoms with Gasteiger partial charge in [0.2, 0.25) is 0 Å². The molecule has 0 unspecified atom stereocenters. The van der Waals surface area contributed by atoms with Gasteiger partial charge in [-0.1, -0.05) is 26.0 Å². The lowest BCUT2D eigenvalue weighted by atomic mass is 10.2. The maximum absolute atomic E-state index is 5.77. The lowest BCUT2D eigenvalue weighted by Crippen LogP contribution is -2.21. The van der Waals surface area contributed by atoms with Crippen LogP contribution in [0.25, 0.3) is 0 Å². The Hall–Kier alpha value is -1.39. The van der Waals surface area contributed by atoms with Crippen LogP contribution in [0, 0.1) is 6.92 Å². The third-order valence-electron chi connectivity index (χ3n) is 2.64. The normalized spacial score (nSPS) is 10.9. The van der Waals surface area contributed by atoms with E-state index >= 15 is 0 Å².